The average molecular weight is 498 g/mol. The highest BCUT2D eigenvalue weighted by Crippen LogP contribution is 2.45. The van der Waals surface area contributed by atoms with E-state index in [0.29, 0.717) is 22.0 Å². The van der Waals surface area contributed by atoms with Crippen LogP contribution in [0.3, 0.4) is 0 Å². The first-order chi connectivity index (χ1) is 14.6. The van der Waals surface area contributed by atoms with Crippen LogP contribution in [0.2, 0.25) is 0 Å². The summed E-state index contributed by atoms with van der Waals surface area (Å²) >= 11 is 4.81. The fraction of sp³-hybridized carbons (Fsp3) is 0.360. The number of amides is 1. The number of halogens is 1. The highest BCUT2D eigenvalue weighted by atomic mass is 79.9. The minimum atomic E-state index is -0.100. The molecule has 1 N–H and O–H groups in total. The van der Waals surface area contributed by atoms with E-state index in [9.17, 15) is 4.79 Å². The molecule has 1 amide bonds. The Balaban J connectivity index is 1.62. The number of amidine groups is 1. The van der Waals surface area contributed by atoms with Crippen LogP contribution in [0.4, 0.5) is 11.4 Å². The first kappa shape index (κ1) is 22.2. The largest absolute Gasteiger partial charge is 0.364 e. The lowest BCUT2D eigenvalue weighted by atomic mass is 9.79. The summed E-state index contributed by atoms with van der Waals surface area (Å²) < 4.78 is 1.00. The van der Waals surface area contributed by atoms with E-state index in [0.717, 1.165) is 22.1 Å². The van der Waals surface area contributed by atoms with Crippen molar-refractivity contribution >= 4 is 56.2 Å². The second kappa shape index (κ2) is 8.47. The van der Waals surface area contributed by atoms with Crippen LogP contribution < -0.4 is 10.2 Å². The molecule has 1 fully saturated rings. The summed E-state index contributed by atoms with van der Waals surface area (Å²) in [5.41, 5.74) is 4.65. The molecule has 0 aromatic heterocycles. The molecule has 1 saturated heterocycles. The molecule has 0 radical (unpaired) electrons. The van der Waals surface area contributed by atoms with Gasteiger partial charge in [-0.15, -0.1) is 0 Å². The zero-order valence-corrected chi connectivity index (χ0v) is 21.0. The number of hydrogen-bond acceptors (Lipinski definition) is 4. The lowest BCUT2D eigenvalue weighted by molar-refractivity contribution is -0.115. The lowest BCUT2D eigenvalue weighted by Crippen LogP contribution is -2.51. The Morgan fingerprint density at radius 2 is 1.94 bits per heavy atom. The maximum absolute atomic E-state index is 12.5. The van der Waals surface area contributed by atoms with E-state index in [1.165, 1.54) is 23.0 Å². The van der Waals surface area contributed by atoms with Crippen molar-refractivity contribution in [3.63, 3.8) is 0 Å². The zero-order valence-electron chi connectivity index (χ0n) is 18.6. The van der Waals surface area contributed by atoms with E-state index in [1.54, 1.807) is 0 Å². The van der Waals surface area contributed by atoms with Gasteiger partial charge in [0.25, 0.3) is 5.91 Å². The summed E-state index contributed by atoms with van der Waals surface area (Å²) in [6.07, 6.45) is 3.08. The number of rotatable bonds is 3. The van der Waals surface area contributed by atoms with Crippen LogP contribution in [0.15, 0.2) is 56.8 Å². The van der Waals surface area contributed by atoms with E-state index in [2.05, 4.69) is 84.0 Å². The van der Waals surface area contributed by atoms with Gasteiger partial charge in [-0.25, -0.2) is 4.99 Å². The molecule has 4 rings (SSSR count). The molecule has 1 atom stereocenters. The maximum atomic E-state index is 12.5. The van der Waals surface area contributed by atoms with Gasteiger partial charge in [-0.2, -0.15) is 0 Å². The van der Waals surface area contributed by atoms with Gasteiger partial charge in [0.1, 0.15) is 0 Å². The molecule has 0 saturated carbocycles. The molecular formula is C25H28BrN3OS. The van der Waals surface area contributed by atoms with Gasteiger partial charge in [0.05, 0.1) is 10.6 Å². The zero-order chi connectivity index (χ0) is 22.3. The average Bonchev–Trinajstić information content (AvgIpc) is 3.02. The van der Waals surface area contributed by atoms with Gasteiger partial charge < -0.3 is 10.2 Å². The molecule has 0 bridgehead atoms. The molecule has 0 aliphatic carbocycles. The topological polar surface area (TPSA) is 44.7 Å². The van der Waals surface area contributed by atoms with Crippen molar-refractivity contribution in [3.8, 4) is 0 Å². The fourth-order valence-corrected chi connectivity index (χ4v) is 5.91. The molecule has 2 heterocycles. The third-order valence-electron chi connectivity index (χ3n) is 5.82. The van der Waals surface area contributed by atoms with Gasteiger partial charge in [0.15, 0.2) is 5.17 Å². The van der Waals surface area contributed by atoms with Crippen molar-refractivity contribution in [1.29, 1.82) is 0 Å². The number of hydrogen-bond donors (Lipinski definition) is 1. The number of benzene rings is 2. The minimum absolute atomic E-state index is 0.100. The third kappa shape index (κ3) is 4.60. The Bertz CT molecular complexity index is 1070. The van der Waals surface area contributed by atoms with Gasteiger partial charge in [0, 0.05) is 21.7 Å². The van der Waals surface area contributed by atoms with Crippen molar-refractivity contribution in [2.24, 2.45) is 4.99 Å². The van der Waals surface area contributed by atoms with Gasteiger partial charge in [-0.05, 0) is 105 Å². The number of carbonyl (C=O) groups is 1. The summed E-state index contributed by atoms with van der Waals surface area (Å²) in [6.45, 7) is 11.5. The summed E-state index contributed by atoms with van der Waals surface area (Å²) in [6, 6.07) is 14.7. The van der Waals surface area contributed by atoms with E-state index in [1.807, 2.05) is 30.3 Å². The van der Waals surface area contributed by atoms with Crippen molar-refractivity contribution in [2.75, 3.05) is 4.90 Å². The highest BCUT2D eigenvalue weighted by Gasteiger charge is 2.37. The van der Waals surface area contributed by atoms with Crippen LogP contribution in [0.25, 0.3) is 6.08 Å². The number of fused-ring (bicyclic) bond motifs is 1. The van der Waals surface area contributed by atoms with Crippen LogP contribution >= 0.6 is 27.7 Å². The van der Waals surface area contributed by atoms with E-state index >= 15 is 0 Å². The molecule has 4 nitrogen and oxygen atoms in total. The quantitative estimate of drug-likeness (QED) is 0.471. The van der Waals surface area contributed by atoms with Crippen molar-refractivity contribution in [2.45, 2.75) is 58.5 Å². The van der Waals surface area contributed by atoms with Gasteiger partial charge in [-0.1, -0.05) is 28.9 Å². The van der Waals surface area contributed by atoms with Crippen molar-refractivity contribution in [1.82, 2.24) is 5.32 Å². The summed E-state index contributed by atoms with van der Waals surface area (Å²) in [5.74, 6) is 0.370. The van der Waals surface area contributed by atoms with E-state index < -0.39 is 0 Å². The Morgan fingerprint density at radius 1 is 1.23 bits per heavy atom. The Morgan fingerprint density at radius 3 is 2.61 bits per heavy atom. The smallest absolute Gasteiger partial charge is 0.264 e. The Hall–Kier alpha value is -2.05. The summed E-state index contributed by atoms with van der Waals surface area (Å²) in [4.78, 5) is 20.3. The Kier molecular flexibility index (Phi) is 6.05. The number of anilines is 1. The van der Waals surface area contributed by atoms with E-state index in [4.69, 9.17) is 0 Å². The monoisotopic (exact) mass is 497 g/mol. The second-order valence-electron chi connectivity index (χ2n) is 9.16. The molecule has 6 heteroatoms. The summed E-state index contributed by atoms with van der Waals surface area (Å²) in [5, 5.41) is 3.49. The number of carbonyl (C=O) groups excluding carboxylic acids is 1. The van der Waals surface area contributed by atoms with E-state index in [-0.39, 0.29) is 11.4 Å². The molecule has 2 aliphatic rings. The molecule has 162 valence electrons. The number of nitrogens with one attached hydrogen (secondary N) is 1. The fourth-order valence-electron chi connectivity index (χ4n) is 4.80. The minimum Gasteiger partial charge on any atom is -0.364 e. The number of aliphatic imine (C=N–C) groups is 1. The first-order valence-corrected chi connectivity index (χ1v) is 12.2. The van der Waals surface area contributed by atoms with Crippen molar-refractivity contribution < 1.29 is 4.79 Å². The maximum Gasteiger partial charge on any atom is 0.264 e. The van der Waals surface area contributed by atoms with Gasteiger partial charge in [-0.3, -0.25) is 4.79 Å². The lowest BCUT2D eigenvalue weighted by Gasteiger charge is -2.50. The second-order valence-corrected chi connectivity index (χ2v) is 11.1. The van der Waals surface area contributed by atoms with Crippen LogP contribution in [-0.4, -0.2) is 22.7 Å². The molecule has 0 unspecified atom stereocenters. The third-order valence-corrected chi connectivity index (χ3v) is 7.26. The molecule has 2 aromatic rings. The SMILES string of the molecule is CC(C)N1c2ccc(/C=C3\SC(=Nc4ccc(Br)cc4)NC3=O)cc2[C@@H](C)CC1(C)C. The summed E-state index contributed by atoms with van der Waals surface area (Å²) in [7, 11) is 0. The Labute approximate surface area is 197 Å². The number of thioether (sulfide) groups is 1. The molecule has 0 spiro atoms. The molecule has 2 aliphatic heterocycles. The van der Waals surface area contributed by atoms with Crippen LogP contribution in [0.1, 0.15) is 58.1 Å². The van der Waals surface area contributed by atoms with Crippen LogP contribution in [0, 0.1) is 0 Å². The van der Waals surface area contributed by atoms with Crippen LogP contribution in [0.5, 0.6) is 0 Å². The molecule has 31 heavy (non-hydrogen) atoms. The van der Waals surface area contributed by atoms with Gasteiger partial charge >= 0.3 is 0 Å². The van der Waals surface area contributed by atoms with Crippen molar-refractivity contribution in [3.05, 3.63) is 63.0 Å². The molecular weight excluding hydrogens is 470 g/mol. The molecule has 2 aromatic carbocycles. The first-order valence-electron chi connectivity index (χ1n) is 10.6. The highest BCUT2D eigenvalue weighted by molar-refractivity contribution is 9.10. The normalized spacial score (nSPS) is 22.9. The predicted octanol–water partition coefficient (Wildman–Crippen LogP) is 6.84. The standard InChI is InChI=1S/C25H28BrN3OS/c1-15(2)29-21-11-6-17(12-20(21)16(3)14-25(29,4)5)13-22-23(30)28-24(31-22)27-19-9-7-18(26)8-10-19/h6-13,15-16H,14H2,1-5H3,(H,27,28,30)/b22-13-/t16-/m0/s1. The number of nitrogens with zero attached hydrogens (tertiary/aromatic N) is 2. The van der Waals surface area contributed by atoms with Crippen LogP contribution in [-0.2, 0) is 4.79 Å². The predicted molar refractivity (Wildman–Crippen MR) is 136 cm³/mol. The van der Waals surface area contributed by atoms with Gasteiger partial charge in [0.2, 0.25) is 0 Å².